The lowest BCUT2D eigenvalue weighted by Crippen LogP contribution is -2.17. The molecule has 1 aromatic carbocycles. The smallest absolute Gasteiger partial charge is 0.151 e. The monoisotopic (exact) mass is 268 g/mol. The lowest BCUT2D eigenvalue weighted by molar-refractivity contribution is 0.112. The van der Waals surface area contributed by atoms with Gasteiger partial charge in [0.05, 0.1) is 0 Å². The van der Waals surface area contributed by atoms with E-state index in [-0.39, 0.29) is 0 Å². The maximum absolute atomic E-state index is 11.0. The molecule has 0 saturated carbocycles. The Morgan fingerprint density at radius 2 is 1.60 bits per heavy atom. The Morgan fingerprint density at radius 1 is 1.00 bits per heavy atom. The van der Waals surface area contributed by atoms with Crippen molar-refractivity contribution in [2.75, 3.05) is 18.0 Å². The Morgan fingerprint density at radius 3 is 2.15 bits per heavy atom. The summed E-state index contributed by atoms with van der Waals surface area (Å²) >= 11 is 0. The SMILES string of the molecule is Cc1cc(C=O)c(C)n1-c1ccc(N2CCCC2)cc1. The Labute approximate surface area is 119 Å². The van der Waals surface area contributed by atoms with Crippen molar-refractivity contribution >= 4 is 12.0 Å². The number of aldehydes is 1. The van der Waals surface area contributed by atoms with Crippen LogP contribution in [-0.4, -0.2) is 23.9 Å². The van der Waals surface area contributed by atoms with Crippen molar-refractivity contribution in [1.29, 1.82) is 0 Å². The minimum atomic E-state index is 0.770. The number of carbonyl (C=O) groups is 1. The minimum Gasteiger partial charge on any atom is -0.372 e. The van der Waals surface area contributed by atoms with Crippen molar-refractivity contribution in [3.63, 3.8) is 0 Å². The molecule has 3 heteroatoms. The molecule has 1 saturated heterocycles. The molecule has 1 aliphatic heterocycles. The van der Waals surface area contributed by atoms with Crippen LogP contribution in [0.15, 0.2) is 30.3 Å². The molecule has 0 amide bonds. The highest BCUT2D eigenvalue weighted by atomic mass is 16.1. The summed E-state index contributed by atoms with van der Waals surface area (Å²) in [4.78, 5) is 13.5. The van der Waals surface area contributed by atoms with Crippen LogP contribution in [0.25, 0.3) is 5.69 Å². The van der Waals surface area contributed by atoms with E-state index in [0.29, 0.717) is 0 Å². The van der Waals surface area contributed by atoms with Crippen LogP contribution in [0.2, 0.25) is 0 Å². The van der Waals surface area contributed by atoms with Gasteiger partial charge < -0.3 is 9.47 Å². The highest BCUT2D eigenvalue weighted by molar-refractivity contribution is 5.77. The van der Waals surface area contributed by atoms with E-state index in [0.717, 1.165) is 42.0 Å². The molecule has 0 N–H and O–H groups in total. The largest absolute Gasteiger partial charge is 0.372 e. The van der Waals surface area contributed by atoms with E-state index in [9.17, 15) is 4.79 Å². The summed E-state index contributed by atoms with van der Waals surface area (Å²) < 4.78 is 2.14. The topological polar surface area (TPSA) is 25.2 Å². The van der Waals surface area contributed by atoms with Gasteiger partial charge in [0.15, 0.2) is 6.29 Å². The maximum Gasteiger partial charge on any atom is 0.151 e. The van der Waals surface area contributed by atoms with E-state index in [2.05, 4.69) is 33.7 Å². The van der Waals surface area contributed by atoms with Gasteiger partial charge in [0.2, 0.25) is 0 Å². The van der Waals surface area contributed by atoms with Crippen LogP contribution in [0, 0.1) is 13.8 Å². The predicted octanol–water partition coefficient (Wildman–Crippen LogP) is 3.51. The van der Waals surface area contributed by atoms with E-state index in [1.54, 1.807) is 0 Å². The number of carbonyl (C=O) groups excluding carboxylic acids is 1. The lowest BCUT2D eigenvalue weighted by atomic mass is 10.2. The minimum absolute atomic E-state index is 0.770. The third-order valence-corrected chi connectivity index (χ3v) is 4.18. The Bertz CT molecular complexity index is 619. The highest BCUT2D eigenvalue weighted by Gasteiger charge is 2.13. The summed E-state index contributed by atoms with van der Waals surface area (Å²) in [7, 11) is 0. The number of rotatable bonds is 3. The van der Waals surface area contributed by atoms with E-state index in [1.165, 1.54) is 18.5 Å². The second kappa shape index (κ2) is 5.16. The molecule has 0 unspecified atom stereocenters. The Hall–Kier alpha value is -2.03. The summed E-state index contributed by atoms with van der Waals surface area (Å²) in [5.41, 5.74) is 5.29. The summed E-state index contributed by atoms with van der Waals surface area (Å²) in [6.07, 6.45) is 3.51. The van der Waals surface area contributed by atoms with Gasteiger partial charge in [-0.05, 0) is 57.0 Å². The number of anilines is 1. The van der Waals surface area contributed by atoms with E-state index in [1.807, 2.05) is 19.9 Å². The highest BCUT2D eigenvalue weighted by Crippen LogP contribution is 2.24. The molecule has 20 heavy (non-hydrogen) atoms. The molecular weight excluding hydrogens is 248 g/mol. The van der Waals surface area contributed by atoms with E-state index < -0.39 is 0 Å². The quantitative estimate of drug-likeness (QED) is 0.796. The standard InChI is InChI=1S/C17H20N2O/c1-13-11-15(12-20)14(2)19(13)17-7-5-16(6-8-17)18-9-3-4-10-18/h5-8,11-12H,3-4,9-10H2,1-2H3. The number of benzene rings is 1. The van der Waals surface area contributed by atoms with Crippen LogP contribution in [0.3, 0.4) is 0 Å². The first-order valence-corrected chi connectivity index (χ1v) is 7.20. The second-order valence-electron chi connectivity index (χ2n) is 5.49. The number of hydrogen-bond acceptors (Lipinski definition) is 2. The van der Waals surface area contributed by atoms with Crippen molar-refractivity contribution in [3.05, 3.63) is 47.3 Å². The first-order valence-electron chi connectivity index (χ1n) is 7.20. The third kappa shape index (κ3) is 2.13. The van der Waals surface area contributed by atoms with Crippen LogP contribution >= 0.6 is 0 Å². The van der Waals surface area contributed by atoms with Crippen molar-refractivity contribution in [1.82, 2.24) is 4.57 Å². The fourth-order valence-electron chi connectivity index (χ4n) is 3.09. The van der Waals surface area contributed by atoms with E-state index in [4.69, 9.17) is 0 Å². The molecule has 1 aliphatic rings. The molecule has 3 nitrogen and oxygen atoms in total. The number of aryl methyl sites for hydroxylation is 1. The van der Waals surface area contributed by atoms with Gasteiger partial charge in [-0.3, -0.25) is 4.79 Å². The molecule has 1 fully saturated rings. The summed E-state index contributed by atoms with van der Waals surface area (Å²) in [6.45, 7) is 6.35. The molecule has 0 atom stereocenters. The normalized spacial score (nSPS) is 14.8. The maximum atomic E-state index is 11.0. The molecule has 0 radical (unpaired) electrons. The van der Waals surface area contributed by atoms with Gasteiger partial charge in [-0.2, -0.15) is 0 Å². The molecule has 2 aromatic rings. The van der Waals surface area contributed by atoms with Crippen molar-refractivity contribution < 1.29 is 4.79 Å². The van der Waals surface area contributed by atoms with Crippen LogP contribution in [0.5, 0.6) is 0 Å². The molecule has 1 aromatic heterocycles. The van der Waals surface area contributed by atoms with Gasteiger partial charge in [-0.15, -0.1) is 0 Å². The molecule has 0 spiro atoms. The zero-order valence-electron chi connectivity index (χ0n) is 12.1. The van der Waals surface area contributed by atoms with E-state index >= 15 is 0 Å². The summed E-state index contributed by atoms with van der Waals surface area (Å²) in [5.74, 6) is 0. The predicted molar refractivity (Wildman–Crippen MR) is 82.1 cm³/mol. The zero-order valence-corrected chi connectivity index (χ0v) is 12.1. The zero-order chi connectivity index (χ0) is 14.1. The van der Waals surface area contributed by atoms with Crippen molar-refractivity contribution in [2.24, 2.45) is 0 Å². The third-order valence-electron chi connectivity index (χ3n) is 4.18. The molecule has 0 bridgehead atoms. The first-order chi connectivity index (χ1) is 9.70. The number of nitrogens with zero attached hydrogens (tertiary/aromatic N) is 2. The van der Waals surface area contributed by atoms with Gasteiger partial charge in [0.1, 0.15) is 0 Å². The van der Waals surface area contributed by atoms with Gasteiger partial charge in [-0.1, -0.05) is 0 Å². The molecular formula is C17H20N2O. The van der Waals surface area contributed by atoms with Crippen LogP contribution in [0.1, 0.15) is 34.6 Å². The molecule has 104 valence electrons. The average molecular weight is 268 g/mol. The molecule has 3 rings (SSSR count). The average Bonchev–Trinajstić information content (AvgIpc) is 3.08. The summed E-state index contributed by atoms with van der Waals surface area (Å²) in [5, 5.41) is 0. The molecule has 0 aliphatic carbocycles. The first kappa shape index (κ1) is 13.0. The number of hydrogen-bond donors (Lipinski definition) is 0. The van der Waals surface area contributed by atoms with Gasteiger partial charge >= 0.3 is 0 Å². The van der Waals surface area contributed by atoms with Crippen LogP contribution in [0.4, 0.5) is 5.69 Å². The van der Waals surface area contributed by atoms with Crippen molar-refractivity contribution in [3.8, 4) is 5.69 Å². The van der Waals surface area contributed by atoms with Gasteiger partial charge in [-0.25, -0.2) is 0 Å². The summed E-state index contributed by atoms with van der Waals surface area (Å²) in [6, 6.07) is 10.6. The van der Waals surface area contributed by atoms with Crippen molar-refractivity contribution in [2.45, 2.75) is 26.7 Å². The lowest BCUT2D eigenvalue weighted by Gasteiger charge is -2.18. The fraction of sp³-hybridized carbons (Fsp3) is 0.353. The van der Waals surface area contributed by atoms with Gasteiger partial charge in [0, 0.05) is 41.4 Å². The Balaban J connectivity index is 1.95. The fourth-order valence-corrected chi connectivity index (χ4v) is 3.09. The Kier molecular flexibility index (Phi) is 3.35. The molecule has 2 heterocycles. The second-order valence-corrected chi connectivity index (χ2v) is 5.49. The van der Waals surface area contributed by atoms with Crippen LogP contribution in [-0.2, 0) is 0 Å². The number of aromatic nitrogens is 1. The van der Waals surface area contributed by atoms with Crippen LogP contribution < -0.4 is 4.90 Å². The van der Waals surface area contributed by atoms with Gasteiger partial charge in [0.25, 0.3) is 0 Å².